The molecule has 0 spiro atoms. The van der Waals surface area contributed by atoms with E-state index in [9.17, 15) is 14.4 Å². The van der Waals surface area contributed by atoms with Gasteiger partial charge in [0.15, 0.2) is 0 Å². The number of terminal acetylenes is 1. The van der Waals surface area contributed by atoms with E-state index in [1.807, 2.05) is 0 Å². The Morgan fingerprint density at radius 2 is 1.11 bits per heavy atom. The largest absolute Gasteiger partial charge is 0.481 e. The molecule has 0 aromatic heterocycles. The molecule has 0 bridgehead atoms. The van der Waals surface area contributed by atoms with Gasteiger partial charge in [-0.2, -0.15) is 0 Å². The van der Waals surface area contributed by atoms with Gasteiger partial charge < -0.3 is 9.84 Å². The van der Waals surface area contributed by atoms with Crippen molar-refractivity contribution in [3.63, 3.8) is 0 Å². The molecule has 0 heterocycles. The minimum Gasteiger partial charge on any atom is -0.481 e. The van der Waals surface area contributed by atoms with Crippen LogP contribution >= 0.6 is 0 Å². The molecule has 5 nitrogen and oxygen atoms in total. The summed E-state index contributed by atoms with van der Waals surface area (Å²) in [5, 5.41) is 8.41. The molecule has 0 unspecified atom stereocenters. The number of carboxylic acids is 1. The van der Waals surface area contributed by atoms with Crippen molar-refractivity contribution < 1.29 is 27.0 Å². The van der Waals surface area contributed by atoms with Gasteiger partial charge in [-0.1, -0.05) is 52.3 Å². The van der Waals surface area contributed by atoms with Gasteiger partial charge in [0.1, 0.15) is 1.37 Å². The number of hydrogen-bond donors (Lipinski definition) is 1. The number of ether oxygens (including phenoxy) is 1. The van der Waals surface area contributed by atoms with Gasteiger partial charge in [-0.25, -0.2) is 0 Å². The van der Waals surface area contributed by atoms with Crippen LogP contribution in [0.1, 0.15) is 93.6 Å². The van der Waals surface area contributed by atoms with E-state index < -0.39 is 5.97 Å². The molecule has 3 aliphatic carbocycles. The van der Waals surface area contributed by atoms with Crippen molar-refractivity contribution in [2.45, 2.75) is 90.9 Å². The zero-order chi connectivity index (χ0) is 22.1. The van der Waals surface area contributed by atoms with E-state index in [-0.39, 0.29) is 29.7 Å². The van der Waals surface area contributed by atoms with Crippen molar-refractivity contribution in [1.29, 1.82) is 0 Å². The van der Waals surface area contributed by atoms with Crippen LogP contribution in [0.25, 0.3) is 0 Å². The lowest BCUT2D eigenvalue weighted by atomic mass is 10.1. The Balaban J connectivity index is 0.000000470. The fraction of sp³-hybridized carbons (Fsp3) is 0.773. The van der Waals surface area contributed by atoms with Crippen LogP contribution in [0.3, 0.4) is 0 Å². The van der Waals surface area contributed by atoms with E-state index >= 15 is 0 Å². The number of carboxylic acid groups (broad SMARTS) is 1. The fourth-order valence-corrected chi connectivity index (χ4v) is 3.76. The number of rotatable bonds is 3. The van der Waals surface area contributed by atoms with Crippen molar-refractivity contribution >= 4 is 17.9 Å². The maximum atomic E-state index is 11.6. The molecule has 3 aliphatic rings. The monoisotopic (exact) mass is 382 g/mol. The zero-order valence-electron chi connectivity index (χ0n) is 18.6. The molecule has 0 amide bonds. The summed E-state index contributed by atoms with van der Waals surface area (Å²) in [6.07, 6.45) is 17.8. The summed E-state index contributed by atoms with van der Waals surface area (Å²) < 4.78 is 16.9. The highest BCUT2D eigenvalue weighted by Gasteiger charge is 2.30. The van der Waals surface area contributed by atoms with Gasteiger partial charge in [0.05, 0.1) is 17.8 Å². The molecule has 1 N–H and O–H groups in total. The van der Waals surface area contributed by atoms with Gasteiger partial charge in [-0.05, 0) is 38.5 Å². The molecule has 0 atom stereocenters. The van der Waals surface area contributed by atoms with Gasteiger partial charge in [0.2, 0.25) is 0 Å². The van der Waals surface area contributed by atoms with Crippen LogP contribution in [0.5, 0.6) is 0 Å². The zero-order valence-corrected chi connectivity index (χ0v) is 16.6. The molecule has 3 fully saturated rings. The Hall–Kier alpha value is -1.83. The molecular formula is C22H36O5. The molecule has 0 aromatic carbocycles. The Bertz CT molecular complexity index is 486. The number of carbonyl (C=O) groups is 3. The first-order valence-electron chi connectivity index (χ1n) is 11.3. The summed E-state index contributed by atoms with van der Waals surface area (Å²) in [5.74, 6) is -1.18. The summed E-state index contributed by atoms with van der Waals surface area (Å²) in [4.78, 5) is 33.3. The van der Waals surface area contributed by atoms with Gasteiger partial charge in [0.25, 0.3) is 0 Å². The van der Waals surface area contributed by atoms with Gasteiger partial charge >= 0.3 is 17.9 Å². The van der Waals surface area contributed by atoms with Crippen LogP contribution in [0.4, 0.5) is 0 Å². The molecular weight excluding hydrogens is 344 g/mol. The lowest BCUT2D eigenvalue weighted by molar-refractivity contribution is -0.165. The van der Waals surface area contributed by atoms with Crippen LogP contribution < -0.4 is 0 Å². The second-order valence-corrected chi connectivity index (χ2v) is 7.02. The lowest BCUT2D eigenvalue weighted by Crippen LogP contribution is -2.23. The van der Waals surface area contributed by atoms with Crippen LogP contribution in [-0.2, 0) is 19.1 Å². The highest BCUT2D eigenvalue weighted by Crippen LogP contribution is 2.29. The van der Waals surface area contributed by atoms with Crippen LogP contribution in [0, 0.1) is 30.6 Å². The van der Waals surface area contributed by atoms with Crippen LogP contribution in [-0.4, -0.2) is 23.0 Å². The SMILES string of the molecule is O=C(O)C1CCCC1.O=C(OC(=O)C1CCCC1)C1CCCC1.[2H]C#C.[2H]CC. The molecule has 0 aliphatic heterocycles. The number of hydrogen-bond acceptors (Lipinski definition) is 4. The first-order chi connectivity index (χ1) is 13.9. The lowest BCUT2D eigenvalue weighted by Gasteiger charge is -2.11. The number of aliphatic carboxylic acids is 1. The van der Waals surface area contributed by atoms with E-state index in [2.05, 4.69) is 6.42 Å². The smallest absolute Gasteiger partial charge is 0.316 e. The highest BCUT2D eigenvalue weighted by atomic mass is 16.6. The molecule has 27 heavy (non-hydrogen) atoms. The summed E-state index contributed by atoms with van der Waals surface area (Å²) in [7, 11) is 0. The average Bonchev–Trinajstić information content (AvgIpc) is 3.47. The van der Waals surface area contributed by atoms with E-state index in [0.29, 0.717) is 6.90 Å². The minimum absolute atomic E-state index is 0.00430. The normalized spacial score (nSPS) is 20.3. The van der Waals surface area contributed by atoms with Crippen molar-refractivity contribution in [3.8, 4) is 12.8 Å². The Labute approximate surface area is 167 Å². The maximum absolute atomic E-state index is 11.6. The van der Waals surface area contributed by atoms with E-state index in [1.54, 1.807) is 6.92 Å². The summed E-state index contributed by atoms with van der Waals surface area (Å²) >= 11 is 0. The summed E-state index contributed by atoms with van der Waals surface area (Å²) in [6.45, 7) is 2.29. The Kier molecular flexibility index (Phi) is 12.1. The standard InChI is InChI=1S/C12H18O3.C6H10O2.C2H6.C2H2/c13-11(9-5-1-2-6-9)15-12(14)10-7-3-4-8-10;7-6(8)5-3-1-2-4-5;2*1-2/h9-10H,1-8H2;5H,1-4H2,(H,7,8);1-2H3;1-2H/i;;2*1D. The average molecular weight is 383 g/mol. The van der Waals surface area contributed by atoms with Crippen molar-refractivity contribution in [1.82, 2.24) is 0 Å². The second kappa shape index (κ2) is 15.2. The second-order valence-electron chi connectivity index (χ2n) is 7.02. The molecule has 3 rings (SSSR count). The van der Waals surface area contributed by atoms with Crippen molar-refractivity contribution in [3.05, 3.63) is 0 Å². The quantitative estimate of drug-likeness (QED) is 0.423. The predicted octanol–water partition coefficient (Wildman–Crippen LogP) is 4.97. The molecule has 0 aromatic rings. The van der Waals surface area contributed by atoms with Crippen LogP contribution in [0.2, 0.25) is 0 Å². The first kappa shape index (κ1) is 21.5. The first-order valence-corrected chi connectivity index (χ1v) is 10.1. The number of esters is 2. The molecule has 3 saturated carbocycles. The van der Waals surface area contributed by atoms with Crippen molar-refractivity contribution in [2.24, 2.45) is 17.8 Å². The van der Waals surface area contributed by atoms with E-state index in [4.69, 9.17) is 12.6 Å². The van der Waals surface area contributed by atoms with E-state index in [1.165, 1.54) is 6.40 Å². The highest BCUT2D eigenvalue weighted by molar-refractivity contribution is 5.88. The topological polar surface area (TPSA) is 80.7 Å². The van der Waals surface area contributed by atoms with Gasteiger partial charge in [-0.15, -0.1) is 12.8 Å². The minimum atomic E-state index is -0.609. The molecule has 0 radical (unpaired) electrons. The molecule has 0 saturated heterocycles. The van der Waals surface area contributed by atoms with Gasteiger partial charge in [0, 0.05) is 1.37 Å². The Morgan fingerprint density at radius 3 is 1.33 bits per heavy atom. The van der Waals surface area contributed by atoms with Crippen molar-refractivity contribution in [2.75, 3.05) is 0 Å². The molecule has 5 heteroatoms. The van der Waals surface area contributed by atoms with Gasteiger partial charge in [-0.3, -0.25) is 14.4 Å². The third-order valence-corrected chi connectivity index (χ3v) is 5.28. The third-order valence-electron chi connectivity index (χ3n) is 5.28. The van der Waals surface area contributed by atoms with E-state index in [0.717, 1.165) is 77.0 Å². The maximum Gasteiger partial charge on any atom is 0.316 e. The third kappa shape index (κ3) is 9.60. The predicted molar refractivity (Wildman–Crippen MR) is 106 cm³/mol. The van der Waals surface area contributed by atoms with Crippen LogP contribution in [0.15, 0.2) is 0 Å². The number of carbonyl (C=O) groups excluding carboxylic acids is 2. The summed E-state index contributed by atoms with van der Waals surface area (Å²) in [6, 6.07) is 0. The fourth-order valence-electron chi connectivity index (χ4n) is 3.76. The Morgan fingerprint density at radius 1 is 0.852 bits per heavy atom. The molecule has 154 valence electrons. The summed E-state index contributed by atoms with van der Waals surface area (Å²) in [5.41, 5.74) is 0.